The minimum atomic E-state index is -0.289. The molecule has 8 heteroatoms. The van der Waals surface area contributed by atoms with Gasteiger partial charge in [0.2, 0.25) is 11.8 Å². The molecule has 3 rings (SSSR count). The Morgan fingerprint density at radius 3 is 2.88 bits per heavy atom. The second-order valence-electron chi connectivity index (χ2n) is 6.73. The molecule has 2 heterocycles. The van der Waals surface area contributed by atoms with Crippen LogP contribution >= 0.6 is 0 Å². The van der Waals surface area contributed by atoms with E-state index >= 15 is 0 Å². The maximum absolute atomic E-state index is 12.5. The summed E-state index contributed by atoms with van der Waals surface area (Å²) in [6.07, 6.45) is 3.38. The Bertz CT molecular complexity index is 759. The number of benzene rings is 1. The highest BCUT2D eigenvalue weighted by Crippen LogP contribution is 2.18. The van der Waals surface area contributed by atoms with Gasteiger partial charge in [-0.05, 0) is 25.7 Å². The van der Waals surface area contributed by atoms with Gasteiger partial charge in [0, 0.05) is 32.6 Å². The zero-order valence-corrected chi connectivity index (χ0v) is 15.1. The van der Waals surface area contributed by atoms with E-state index in [9.17, 15) is 9.59 Å². The van der Waals surface area contributed by atoms with Crippen LogP contribution in [0.2, 0.25) is 0 Å². The minimum Gasteiger partial charge on any atom is -0.352 e. The van der Waals surface area contributed by atoms with Crippen molar-refractivity contribution in [2.45, 2.75) is 13.0 Å². The van der Waals surface area contributed by atoms with Crippen molar-refractivity contribution in [2.24, 2.45) is 5.92 Å². The molecule has 0 unspecified atom stereocenters. The van der Waals surface area contributed by atoms with Crippen molar-refractivity contribution in [3.05, 3.63) is 42.5 Å². The number of rotatable bonds is 7. The average molecular weight is 356 g/mol. The van der Waals surface area contributed by atoms with Gasteiger partial charge in [0.1, 0.15) is 12.7 Å². The van der Waals surface area contributed by atoms with Gasteiger partial charge in [-0.25, -0.2) is 9.67 Å². The molecule has 0 aliphatic carbocycles. The van der Waals surface area contributed by atoms with Gasteiger partial charge in [-0.3, -0.25) is 9.59 Å². The van der Waals surface area contributed by atoms with Gasteiger partial charge >= 0.3 is 0 Å². The van der Waals surface area contributed by atoms with Crippen molar-refractivity contribution in [1.29, 1.82) is 0 Å². The summed E-state index contributed by atoms with van der Waals surface area (Å²) in [5.74, 6) is -0.322. The smallest absolute Gasteiger partial charge is 0.225 e. The van der Waals surface area contributed by atoms with Crippen LogP contribution in [0.3, 0.4) is 0 Å². The number of aromatic nitrogens is 3. The summed E-state index contributed by atoms with van der Waals surface area (Å²) in [7, 11) is 3.94. The molecule has 0 spiro atoms. The summed E-state index contributed by atoms with van der Waals surface area (Å²) in [4.78, 5) is 32.4. The largest absolute Gasteiger partial charge is 0.352 e. The van der Waals surface area contributed by atoms with Crippen molar-refractivity contribution in [3.8, 4) is 5.69 Å². The third-order valence-corrected chi connectivity index (χ3v) is 4.51. The summed E-state index contributed by atoms with van der Waals surface area (Å²) in [6.45, 7) is 2.33. The first-order valence-corrected chi connectivity index (χ1v) is 8.67. The molecular formula is C18H24N6O2. The maximum Gasteiger partial charge on any atom is 0.225 e. The Labute approximate surface area is 152 Å². The van der Waals surface area contributed by atoms with E-state index in [1.54, 1.807) is 15.9 Å². The number of nitrogens with zero attached hydrogens (tertiary/aromatic N) is 5. The Hall–Kier alpha value is -2.74. The van der Waals surface area contributed by atoms with E-state index in [4.69, 9.17) is 0 Å². The third-order valence-electron chi connectivity index (χ3n) is 4.51. The van der Waals surface area contributed by atoms with Crippen molar-refractivity contribution in [1.82, 2.24) is 29.9 Å². The number of likely N-dealkylation sites (N-methyl/N-ethyl adjacent to an activating group) is 1. The predicted molar refractivity (Wildman–Crippen MR) is 96.4 cm³/mol. The summed E-state index contributed by atoms with van der Waals surface area (Å²) < 4.78 is 1.67. The van der Waals surface area contributed by atoms with E-state index in [-0.39, 0.29) is 24.2 Å². The quantitative estimate of drug-likeness (QED) is 0.771. The lowest BCUT2D eigenvalue weighted by Gasteiger charge is -2.19. The number of likely N-dealkylation sites (tertiary alicyclic amines) is 1. The standard InChI is InChI=1S/C18H24N6O2/c1-22(2)7-8-23-11-15(9-17(23)25)18(26)20-10-14-5-3-4-6-16(14)24-13-19-12-21-24/h3-6,12-13,15H,7-11H2,1-2H3,(H,20,26)/t15-/m1/s1. The lowest BCUT2D eigenvalue weighted by Crippen LogP contribution is -2.35. The van der Waals surface area contributed by atoms with E-state index in [0.29, 0.717) is 19.6 Å². The van der Waals surface area contributed by atoms with Crippen molar-refractivity contribution in [2.75, 3.05) is 33.7 Å². The first kappa shape index (κ1) is 18.1. The molecule has 2 aromatic rings. The van der Waals surface area contributed by atoms with Gasteiger partial charge in [0.25, 0.3) is 0 Å². The van der Waals surface area contributed by atoms with Crippen LogP contribution in [-0.4, -0.2) is 70.1 Å². The molecule has 138 valence electrons. The molecule has 1 aromatic carbocycles. The van der Waals surface area contributed by atoms with Crippen LogP contribution in [-0.2, 0) is 16.1 Å². The van der Waals surface area contributed by atoms with Crippen molar-refractivity contribution >= 4 is 11.8 Å². The Kier molecular flexibility index (Phi) is 5.62. The molecule has 0 bridgehead atoms. The fraction of sp³-hybridized carbons (Fsp3) is 0.444. The number of nitrogens with one attached hydrogen (secondary N) is 1. The second-order valence-corrected chi connectivity index (χ2v) is 6.73. The molecule has 1 aliphatic rings. The highest BCUT2D eigenvalue weighted by atomic mass is 16.2. The first-order chi connectivity index (χ1) is 12.5. The summed E-state index contributed by atoms with van der Waals surface area (Å²) in [5, 5.41) is 7.10. The van der Waals surface area contributed by atoms with Crippen molar-refractivity contribution < 1.29 is 9.59 Å². The molecule has 26 heavy (non-hydrogen) atoms. The van der Waals surface area contributed by atoms with Crippen LogP contribution in [0.1, 0.15) is 12.0 Å². The van der Waals surface area contributed by atoms with Crippen LogP contribution in [0, 0.1) is 5.92 Å². The molecule has 1 aliphatic heterocycles. The maximum atomic E-state index is 12.5. The summed E-state index contributed by atoms with van der Waals surface area (Å²) in [5.41, 5.74) is 1.82. The van der Waals surface area contributed by atoms with Crippen LogP contribution in [0.5, 0.6) is 0 Å². The van der Waals surface area contributed by atoms with Gasteiger partial charge in [-0.1, -0.05) is 18.2 Å². The van der Waals surface area contributed by atoms with E-state index in [2.05, 4.69) is 15.4 Å². The number of carbonyl (C=O) groups is 2. The molecular weight excluding hydrogens is 332 g/mol. The second kappa shape index (κ2) is 8.09. The minimum absolute atomic E-state index is 0.0509. The highest BCUT2D eigenvalue weighted by molar-refractivity contribution is 5.89. The van der Waals surface area contributed by atoms with E-state index in [1.807, 2.05) is 43.3 Å². The average Bonchev–Trinajstić information content (AvgIpc) is 3.28. The van der Waals surface area contributed by atoms with Gasteiger partial charge in [0.05, 0.1) is 11.6 Å². The molecule has 0 radical (unpaired) electrons. The van der Waals surface area contributed by atoms with Gasteiger partial charge in [-0.2, -0.15) is 5.10 Å². The van der Waals surface area contributed by atoms with Crippen LogP contribution in [0.15, 0.2) is 36.9 Å². The number of carbonyl (C=O) groups excluding carboxylic acids is 2. The van der Waals surface area contributed by atoms with Crippen molar-refractivity contribution in [3.63, 3.8) is 0 Å². The molecule has 1 saturated heterocycles. The number of hydrogen-bond acceptors (Lipinski definition) is 5. The Balaban J connectivity index is 1.58. The zero-order chi connectivity index (χ0) is 18.5. The summed E-state index contributed by atoms with van der Waals surface area (Å²) in [6, 6.07) is 7.71. The van der Waals surface area contributed by atoms with Gasteiger partial charge < -0.3 is 15.1 Å². The molecule has 1 aromatic heterocycles. The lowest BCUT2D eigenvalue weighted by molar-refractivity contribution is -0.129. The fourth-order valence-electron chi connectivity index (χ4n) is 3.03. The van der Waals surface area contributed by atoms with E-state index in [1.165, 1.54) is 6.33 Å². The molecule has 1 N–H and O–H groups in total. The van der Waals surface area contributed by atoms with E-state index < -0.39 is 0 Å². The number of para-hydroxylation sites is 1. The lowest BCUT2D eigenvalue weighted by atomic mass is 10.1. The number of amides is 2. The molecule has 2 amide bonds. The van der Waals surface area contributed by atoms with E-state index in [0.717, 1.165) is 17.8 Å². The molecule has 1 fully saturated rings. The summed E-state index contributed by atoms with van der Waals surface area (Å²) >= 11 is 0. The van der Waals surface area contributed by atoms with Gasteiger partial charge in [0.15, 0.2) is 0 Å². The SMILES string of the molecule is CN(C)CCN1C[C@H](C(=O)NCc2ccccc2-n2cncn2)CC1=O. The van der Waals surface area contributed by atoms with Crippen LogP contribution < -0.4 is 5.32 Å². The number of hydrogen-bond donors (Lipinski definition) is 1. The first-order valence-electron chi connectivity index (χ1n) is 8.67. The Morgan fingerprint density at radius 1 is 1.35 bits per heavy atom. The van der Waals surface area contributed by atoms with Gasteiger partial charge in [-0.15, -0.1) is 0 Å². The predicted octanol–water partition coefficient (Wildman–Crippen LogP) is 0.294. The highest BCUT2D eigenvalue weighted by Gasteiger charge is 2.33. The topological polar surface area (TPSA) is 83.4 Å². The Morgan fingerprint density at radius 2 is 2.15 bits per heavy atom. The zero-order valence-electron chi connectivity index (χ0n) is 15.1. The fourth-order valence-corrected chi connectivity index (χ4v) is 3.03. The molecule has 8 nitrogen and oxygen atoms in total. The van der Waals surface area contributed by atoms with Crippen LogP contribution in [0.25, 0.3) is 5.69 Å². The molecule has 1 atom stereocenters. The normalized spacial score (nSPS) is 17.1. The molecule has 0 saturated carbocycles. The monoisotopic (exact) mass is 356 g/mol. The van der Waals surface area contributed by atoms with Crippen LogP contribution in [0.4, 0.5) is 0 Å². The third kappa shape index (κ3) is 4.26.